The lowest BCUT2D eigenvalue weighted by molar-refractivity contribution is -0.135. The van der Waals surface area contributed by atoms with Gasteiger partial charge in [-0.05, 0) is 43.1 Å². The van der Waals surface area contributed by atoms with Crippen molar-refractivity contribution in [3.63, 3.8) is 0 Å². The Balaban J connectivity index is 1.43. The number of esters is 1. The Kier molecular flexibility index (Phi) is 4.09. The predicted octanol–water partition coefficient (Wildman–Crippen LogP) is 4.33. The molecular weight excluding hydrogens is 342 g/mol. The molecule has 1 aromatic carbocycles. The number of ether oxygens (including phenoxy) is 1. The highest BCUT2D eigenvalue weighted by molar-refractivity contribution is 5.96. The van der Waals surface area contributed by atoms with Gasteiger partial charge in [0.2, 0.25) is 5.76 Å². The Hall–Kier alpha value is -2.30. The van der Waals surface area contributed by atoms with Gasteiger partial charge in [-0.3, -0.25) is 4.79 Å². The van der Waals surface area contributed by atoms with Crippen LogP contribution in [0.4, 0.5) is 0 Å². The molecule has 0 spiro atoms. The number of rotatable bonds is 3. The van der Waals surface area contributed by atoms with Gasteiger partial charge < -0.3 is 14.1 Å². The number of hydrogen-bond donors (Lipinski definition) is 0. The molecule has 2 heterocycles. The third kappa shape index (κ3) is 3.24. The van der Waals surface area contributed by atoms with Crippen molar-refractivity contribution in [1.82, 2.24) is 4.90 Å². The minimum Gasteiger partial charge on any atom is -0.450 e. The van der Waals surface area contributed by atoms with Gasteiger partial charge in [0.05, 0.1) is 0 Å². The SMILES string of the molecule is Cc1c(C(=O)OCC(=O)N2C[C@@]3(C)C[C@@H]2CC(C)(C)C3)oc2ccccc12. The van der Waals surface area contributed by atoms with Gasteiger partial charge in [-0.25, -0.2) is 4.79 Å². The summed E-state index contributed by atoms with van der Waals surface area (Å²) in [4.78, 5) is 27.1. The number of fused-ring (bicyclic) bond motifs is 3. The van der Waals surface area contributed by atoms with E-state index in [0.717, 1.165) is 36.8 Å². The zero-order chi connectivity index (χ0) is 19.4. The number of carbonyl (C=O) groups is 2. The second-order valence-corrected chi connectivity index (χ2v) is 9.36. The fourth-order valence-corrected chi connectivity index (χ4v) is 5.40. The summed E-state index contributed by atoms with van der Waals surface area (Å²) in [6.07, 6.45) is 3.17. The summed E-state index contributed by atoms with van der Waals surface area (Å²) in [6.45, 7) is 9.16. The standard InChI is InChI=1S/C22H27NO4/c1-14-16-7-5-6-8-17(16)27-19(14)20(25)26-11-18(24)23-13-22(4)10-15(23)9-21(2,3)12-22/h5-8,15H,9-13H2,1-4H3/t15-,22-/m0/s1. The van der Waals surface area contributed by atoms with E-state index in [1.807, 2.05) is 36.1 Å². The molecule has 2 aromatic rings. The van der Waals surface area contributed by atoms with Crippen LogP contribution in [-0.2, 0) is 9.53 Å². The molecule has 0 unspecified atom stereocenters. The monoisotopic (exact) mass is 369 g/mol. The van der Waals surface area contributed by atoms with Crippen molar-refractivity contribution in [3.05, 3.63) is 35.6 Å². The van der Waals surface area contributed by atoms with Gasteiger partial charge in [-0.15, -0.1) is 0 Å². The molecule has 1 saturated heterocycles. The number of benzene rings is 1. The first-order valence-electron chi connectivity index (χ1n) is 9.62. The van der Waals surface area contributed by atoms with Crippen molar-refractivity contribution < 1.29 is 18.7 Å². The Morgan fingerprint density at radius 1 is 1.22 bits per heavy atom. The van der Waals surface area contributed by atoms with E-state index in [9.17, 15) is 9.59 Å². The first-order valence-corrected chi connectivity index (χ1v) is 9.62. The summed E-state index contributed by atoms with van der Waals surface area (Å²) in [5, 5.41) is 0.888. The van der Waals surface area contributed by atoms with Crippen LogP contribution < -0.4 is 0 Å². The molecule has 144 valence electrons. The second kappa shape index (κ2) is 6.11. The molecule has 1 aromatic heterocycles. The number of aryl methyl sites for hydroxylation is 1. The van der Waals surface area contributed by atoms with Crippen molar-refractivity contribution in [3.8, 4) is 0 Å². The first-order chi connectivity index (χ1) is 12.7. The van der Waals surface area contributed by atoms with Crippen LogP contribution in [0.15, 0.2) is 28.7 Å². The van der Waals surface area contributed by atoms with Gasteiger partial charge >= 0.3 is 5.97 Å². The number of para-hydroxylation sites is 1. The normalized spacial score (nSPS) is 26.4. The summed E-state index contributed by atoms with van der Waals surface area (Å²) in [6, 6.07) is 7.73. The van der Waals surface area contributed by atoms with Crippen LogP contribution in [0.5, 0.6) is 0 Å². The number of amides is 1. The Labute approximate surface area is 159 Å². The first kappa shape index (κ1) is 18.1. The Morgan fingerprint density at radius 2 is 1.96 bits per heavy atom. The van der Waals surface area contributed by atoms with Crippen molar-refractivity contribution in [1.29, 1.82) is 0 Å². The minimum atomic E-state index is -0.578. The maximum absolute atomic E-state index is 12.8. The maximum Gasteiger partial charge on any atom is 0.375 e. The van der Waals surface area contributed by atoms with Crippen LogP contribution in [0.2, 0.25) is 0 Å². The molecule has 2 atom stereocenters. The number of furan rings is 1. The number of hydrogen-bond acceptors (Lipinski definition) is 4. The molecule has 5 nitrogen and oxygen atoms in total. The zero-order valence-electron chi connectivity index (χ0n) is 16.5. The molecule has 2 bridgehead atoms. The summed E-state index contributed by atoms with van der Waals surface area (Å²) in [5.41, 5.74) is 1.81. The highest BCUT2D eigenvalue weighted by Crippen LogP contribution is 2.52. The van der Waals surface area contributed by atoms with Gasteiger partial charge in [0.1, 0.15) is 5.58 Å². The van der Waals surface area contributed by atoms with Crippen molar-refractivity contribution in [2.75, 3.05) is 13.2 Å². The lowest BCUT2D eigenvalue weighted by atomic mass is 9.65. The smallest absolute Gasteiger partial charge is 0.375 e. The maximum atomic E-state index is 12.8. The number of nitrogens with zero attached hydrogens (tertiary/aromatic N) is 1. The van der Waals surface area contributed by atoms with Crippen molar-refractivity contribution >= 4 is 22.8 Å². The molecule has 2 aliphatic rings. The number of likely N-dealkylation sites (tertiary alicyclic amines) is 1. The van der Waals surface area contributed by atoms with Crippen LogP contribution in [0.1, 0.15) is 56.2 Å². The van der Waals surface area contributed by atoms with Gasteiger partial charge in [0.15, 0.2) is 6.61 Å². The molecule has 2 fully saturated rings. The molecule has 0 radical (unpaired) electrons. The fraction of sp³-hybridized carbons (Fsp3) is 0.545. The average molecular weight is 369 g/mol. The molecular formula is C22H27NO4. The fourth-order valence-electron chi connectivity index (χ4n) is 5.40. The van der Waals surface area contributed by atoms with Crippen LogP contribution in [0.25, 0.3) is 11.0 Å². The van der Waals surface area contributed by atoms with Crippen LogP contribution in [0, 0.1) is 17.8 Å². The third-order valence-electron chi connectivity index (χ3n) is 6.09. The minimum absolute atomic E-state index is 0.108. The molecule has 0 N–H and O–H groups in total. The Bertz CT molecular complexity index is 912. The predicted molar refractivity (Wildman–Crippen MR) is 102 cm³/mol. The molecule has 4 rings (SSSR count). The van der Waals surface area contributed by atoms with Gasteiger partial charge in [-0.2, -0.15) is 0 Å². The number of carbonyl (C=O) groups excluding carboxylic acids is 2. The molecule has 5 heteroatoms. The molecule has 27 heavy (non-hydrogen) atoms. The van der Waals surface area contributed by atoms with Crippen LogP contribution in [-0.4, -0.2) is 36.0 Å². The highest BCUT2D eigenvalue weighted by atomic mass is 16.5. The largest absolute Gasteiger partial charge is 0.450 e. The highest BCUT2D eigenvalue weighted by Gasteiger charge is 2.50. The van der Waals surface area contributed by atoms with E-state index < -0.39 is 5.97 Å². The van der Waals surface area contributed by atoms with E-state index in [-0.39, 0.29) is 35.1 Å². The van der Waals surface area contributed by atoms with Crippen molar-refractivity contribution in [2.45, 2.75) is 53.0 Å². The molecule has 1 amide bonds. The van der Waals surface area contributed by atoms with Gasteiger partial charge in [0, 0.05) is 23.5 Å². The van der Waals surface area contributed by atoms with E-state index >= 15 is 0 Å². The van der Waals surface area contributed by atoms with Crippen molar-refractivity contribution in [2.24, 2.45) is 10.8 Å². The topological polar surface area (TPSA) is 59.8 Å². The van der Waals surface area contributed by atoms with E-state index in [4.69, 9.17) is 9.15 Å². The third-order valence-corrected chi connectivity index (χ3v) is 6.09. The molecule has 1 saturated carbocycles. The quantitative estimate of drug-likeness (QED) is 0.756. The lowest BCUT2D eigenvalue weighted by Crippen LogP contribution is -2.39. The Morgan fingerprint density at radius 3 is 2.70 bits per heavy atom. The van der Waals surface area contributed by atoms with Gasteiger partial charge in [0.25, 0.3) is 5.91 Å². The van der Waals surface area contributed by atoms with E-state index in [1.165, 1.54) is 0 Å². The summed E-state index contributed by atoms with van der Waals surface area (Å²) in [5.74, 6) is -0.508. The van der Waals surface area contributed by atoms with Crippen LogP contribution in [0.3, 0.4) is 0 Å². The summed E-state index contributed by atoms with van der Waals surface area (Å²) >= 11 is 0. The average Bonchev–Trinajstić information content (AvgIpc) is 3.05. The summed E-state index contributed by atoms with van der Waals surface area (Å²) < 4.78 is 11.0. The zero-order valence-corrected chi connectivity index (χ0v) is 16.5. The summed E-state index contributed by atoms with van der Waals surface area (Å²) in [7, 11) is 0. The van der Waals surface area contributed by atoms with Crippen LogP contribution >= 0.6 is 0 Å². The molecule has 1 aliphatic carbocycles. The molecule has 1 aliphatic heterocycles. The lowest BCUT2D eigenvalue weighted by Gasteiger charge is -2.39. The van der Waals surface area contributed by atoms with E-state index in [0.29, 0.717) is 5.58 Å². The van der Waals surface area contributed by atoms with E-state index in [1.54, 1.807) is 0 Å². The van der Waals surface area contributed by atoms with E-state index in [2.05, 4.69) is 20.8 Å². The second-order valence-electron chi connectivity index (χ2n) is 9.36. The van der Waals surface area contributed by atoms with Gasteiger partial charge in [-0.1, -0.05) is 39.0 Å².